The van der Waals surface area contributed by atoms with Gasteiger partial charge in [-0.1, -0.05) is 6.07 Å². The van der Waals surface area contributed by atoms with Crippen LogP contribution in [0, 0.1) is 0 Å². The van der Waals surface area contributed by atoms with Crippen molar-refractivity contribution in [2.75, 3.05) is 6.61 Å². The number of hydrogen-bond donors (Lipinski definition) is 1. The van der Waals surface area contributed by atoms with E-state index in [4.69, 9.17) is 5.11 Å². The Bertz CT molecular complexity index is 353. The first-order valence-electron chi connectivity index (χ1n) is 3.97. The van der Waals surface area contributed by atoms with Gasteiger partial charge in [0.15, 0.2) is 5.52 Å². The van der Waals surface area contributed by atoms with Crippen LogP contribution in [0.1, 0.15) is 0 Å². The van der Waals surface area contributed by atoms with Crippen molar-refractivity contribution < 1.29 is 33.7 Å². The first-order valence-corrected chi connectivity index (χ1v) is 3.97. The van der Waals surface area contributed by atoms with Gasteiger partial charge in [0.2, 0.25) is 6.33 Å². The van der Waals surface area contributed by atoms with Crippen LogP contribution in [0.25, 0.3) is 5.52 Å². The van der Waals surface area contributed by atoms with Crippen LogP contribution in [-0.2, 0) is 6.54 Å². The molecule has 0 aliphatic heterocycles. The summed E-state index contributed by atoms with van der Waals surface area (Å²) in [5, 5.41) is 8.71. The van der Waals surface area contributed by atoms with Crippen LogP contribution in [0.4, 0.5) is 0 Å². The zero-order chi connectivity index (χ0) is 8.39. The SMILES string of the molecule is OCC[n+]1cc2ccccn2c1.[I-]. The minimum Gasteiger partial charge on any atom is -1.00 e. The lowest BCUT2D eigenvalue weighted by molar-refractivity contribution is -0.696. The van der Waals surface area contributed by atoms with Gasteiger partial charge in [-0.3, -0.25) is 0 Å². The lowest BCUT2D eigenvalue weighted by Crippen LogP contribution is -3.00. The molecule has 0 aliphatic carbocycles. The van der Waals surface area contributed by atoms with Gasteiger partial charge < -0.3 is 29.1 Å². The number of imidazole rings is 1. The lowest BCUT2D eigenvalue weighted by atomic mass is 10.4. The Labute approximate surface area is 93.6 Å². The summed E-state index contributed by atoms with van der Waals surface area (Å²) in [6, 6.07) is 6.02. The molecule has 13 heavy (non-hydrogen) atoms. The molecule has 2 aromatic rings. The van der Waals surface area contributed by atoms with Gasteiger partial charge in [-0.15, -0.1) is 0 Å². The van der Waals surface area contributed by atoms with E-state index in [1.54, 1.807) is 0 Å². The van der Waals surface area contributed by atoms with Crippen LogP contribution < -0.4 is 28.5 Å². The van der Waals surface area contributed by atoms with Gasteiger partial charge in [0, 0.05) is 0 Å². The number of aliphatic hydroxyl groups is 1. The summed E-state index contributed by atoms with van der Waals surface area (Å²) in [7, 11) is 0. The number of hydrogen-bond acceptors (Lipinski definition) is 1. The third kappa shape index (κ3) is 2.19. The Hall–Kier alpha value is -0.620. The van der Waals surface area contributed by atoms with Crippen molar-refractivity contribution in [3.8, 4) is 0 Å². The van der Waals surface area contributed by atoms with Crippen molar-refractivity contribution in [3.63, 3.8) is 0 Å². The number of fused-ring (bicyclic) bond motifs is 1. The van der Waals surface area contributed by atoms with Gasteiger partial charge in [-0.25, -0.2) is 8.97 Å². The molecular formula is C9H11IN2O. The van der Waals surface area contributed by atoms with Crippen molar-refractivity contribution in [2.45, 2.75) is 6.54 Å². The number of rotatable bonds is 2. The molecule has 0 spiro atoms. The van der Waals surface area contributed by atoms with Crippen LogP contribution in [0.3, 0.4) is 0 Å². The standard InChI is InChI=1S/C9H11N2O.HI/c12-6-5-10-7-9-3-1-2-4-11(9)8-10;/h1-4,7-8,12H,5-6H2;1H/q+1;/p-1. The van der Waals surface area contributed by atoms with Gasteiger partial charge >= 0.3 is 0 Å². The van der Waals surface area contributed by atoms with Crippen LogP contribution in [0.2, 0.25) is 0 Å². The topological polar surface area (TPSA) is 28.5 Å². The molecule has 0 fully saturated rings. The van der Waals surface area contributed by atoms with Gasteiger partial charge in [0.05, 0.1) is 12.8 Å². The first kappa shape index (κ1) is 10.5. The second-order valence-electron chi connectivity index (χ2n) is 2.74. The van der Waals surface area contributed by atoms with E-state index in [-0.39, 0.29) is 30.6 Å². The van der Waals surface area contributed by atoms with Crippen LogP contribution in [-0.4, -0.2) is 16.1 Å². The minimum absolute atomic E-state index is 0. The molecular weight excluding hydrogens is 279 g/mol. The number of aliphatic hydroxyl groups excluding tert-OH is 1. The molecule has 3 nitrogen and oxygen atoms in total. The maximum absolute atomic E-state index is 8.71. The average Bonchev–Trinajstić information content (AvgIpc) is 2.47. The fourth-order valence-electron chi connectivity index (χ4n) is 1.28. The van der Waals surface area contributed by atoms with Crippen molar-refractivity contribution in [1.82, 2.24) is 4.40 Å². The monoisotopic (exact) mass is 290 g/mol. The van der Waals surface area contributed by atoms with E-state index in [0.29, 0.717) is 6.54 Å². The third-order valence-corrected chi connectivity index (χ3v) is 1.85. The second-order valence-corrected chi connectivity index (χ2v) is 2.74. The highest BCUT2D eigenvalue weighted by molar-refractivity contribution is 5.41. The Morgan fingerprint density at radius 1 is 1.38 bits per heavy atom. The van der Waals surface area contributed by atoms with Gasteiger partial charge in [0.1, 0.15) is 12.7 Å². The molecule has 70 valence electrons. The molecule has 0 unspecified atom stereocenters. The van der Waals surface area contributed by atoms with E-state index in [9.17, 15) is 0 Å². The number of nitrogens with zero attached hydrogens (tertiary/aromatic N) is 2. The normalized spacial score (nSPS) is 9.92. The lowest BCUT2D eigenvalue weighted by Gasteiger charge is -1.85. The smallest absolute Gasteiger partial charge is 0.249 e. The third-order valence-electron chi connectivity index (χ3n) is 1.85. The van der Waals surface area contributed by atoms with Crippen molar-refractivity contribution in [2.24, 2.45) is 0 Å². The van der Waals surface area contributed by atoms with E-state index in [2.05, 4.69) is 0 Å². The molecule has 0 saturated heterocycles. The minimum atomic E-state index is 0. The molecule has 4 heteroatoms. The molecule has 0 aliphatic rings. The van der Waals surface area contributed by atoms with Gasteiger partial charge in [-0.2, -0.15) is 0 Å². The molecule has 2 rings (SSSR count). The first-order chi connectivity index (χ1) is 5.90. The maximum Gasteiger partial charge on any atom is 0.249 e. The van der Waals surface area contributed by atoms with E-state index >= 15 is 0 Å². The number of pyridine rings is 1. The molecule has 0 amide bonds. The van der Waals surface area contributed by atoms with E-state index < -0.39 is 0 Å². The van der Waals surface area contributed by atoms with Gasteiger partial charge in [0.25, 0.3) is 0 Å². The fraction of sp³-hybridized carbons (Fsp3) is 0.222. The van der Waals surface area contributed by atoms with Crippen molar-refractivity contribution in [3.05, 3.63) is 36.9 Å². The summed E-state index contributed by atoms with van der Waals surface area (Å²) in [6.45, 7) is 0.837. The average molecular weight is 290 g/mol. The van der Waals surface area contributed by atoms with Crippen molar-refractivity contribution >= 4 is 5.52 Å². The van der Waals surface area contributed by atoms with Crippen molar-refractivity contribution in [1.29, 1.82) is 0 Å². The molecule has 0 atom stereocenters. The zero-order valence-electron chi connectivity index (χ0n) is 7.10. The van der Waals surface area contributed by atoms with E-state index in [1.165, 1.54) is 0 Å². The number of aromatic nitrogens is 2. The molecule has 0 radical (unpaired) electrons. The summed E-state index contributed by atoms with van der Waals surface area (Å²) in [5.74, 6) is 0. The fourth-order valence-corrected chi connectivity index (χ4v) is 1.28. The Morgan fingerprint density at radius 2 is 2.23 bits per heavy atom. The van der Waals surface area contributed by atoms with Crippen LogP contribution in [0.5, 0.6) is 0 Å². The highest BCUT2D eigenvalue weighted by Gasteiger charge is 2.02. The summed E-state index contributed by atoms with van der Waals surface area (Å²) in [6.07, 6.45) is 5.96. The van der Waals surface area contributed by atoms with Gasteiger partial charge in [-0.05, 0) is 12.1 Å². The summed E-state index contributed by atoms with van der Waals surface area (Å²) in [5.41, 5.74) is 1.14. The summed E-state index contributed by atoms with van der Waals surface area (Å²) in [4.78, 5) is 0. The highest BCUT2D eigenvalue weighted by atomic mass is 127. The molecule has 0 saturated carbocycles. The second kappa shape index (κ2) is 4.57. The number of halogens is 1. The molecule has 2 aromatic heterocycles. The Balaban J connectivity index is 0.000000845. The van der Waals surface area contributed by atoms with E-state index in [0.717, 1.165) is 5.52 Å². The highest BCUT2D eigenvalue weighted by Crippen LogP contribution is 1.97. The quantitative estimate of drug-likeness (QED) is 0.470. The summed E-state index contributed by atoms with van der Waals surface area (Å²) >= 11 is 0. The van der Waals surface area contributed by atoms with Crippen LogP contribution >= 0.6 is 0 Å². The van der Waals surface area contributed by atoms with E-state index in [1.807, 2.05) is 45.9 Å². The predicted molar refractivity (Wildman–Crippen MR) is 44.7 cm³/mol. The molecule has 0 bridgehead atoms. The zero-order valence-corrected chi connectivity index (χ0v) is 9.26. The Morgan fingerprint density at radius 3 is 2.92 bits per heavy atom. The molecule has 2 heterocycles. The predicted octanol–water partition coefficient (Wildman–Crippen LogP) is -2.78. The molecule has 0 aromatic carbocycles. The largest absolute Gasteiger partial charge is 1.00 e. The molecule has 1 N–H and O–H groups in total. The Kier molecular flexibility index (Phi) is 3.68. The van der Waals surface area contributed by atoms with Crippen LogP contribution in [0.15, 0.2) is 36.9 Å². The summed E-state index contributed by atoms with van der Waals surface area (Å²) < 4.78 is 3.99. The maximum atomic E-state index is 8.71.